The van der Waals surface area contributed by atoms with Gasteiger partial charge in [-0.15, -0.1) is 11.3 Å². The quantitative estimate of drug-likeness (QED) is 0.730. The maximum absolute atomic E-state index is 5.92. The fourth-order valence-electron chi connectivity index (χ4n) is 1.31. The highest BCUT2D eigenvalue weighted by atomic mass is 35.5. The number of benzene rings is 1. The Kier molecular flexibility index (Phi) is 2.72. The number of hydrogen-bond donors (Lipinski definition) is 1. The van der Waals surface area contributed by atoms with Crippen molar-refractivity contribution in [2.75, 3.05) is 0 Å². The van der Waals surface area contributed by atoms with Crippen LogP contribution in [-0.4, -0.2) is 4.98 Å². The van der Waals surface area contributed by atoms with Crippen LogP contribution in [-0.2, 0) is 0 Å². The first kappa shape index (κ1) is 9.90. The van der Waals surface area contributed by atoms with Crippen molar-refractivity contribution >= 4 is 35.2 Å². The lowest BCUT2D eigenvalue weighted by Crippen LogP contribution is -1.77. The number of aryl methyl sites for hydroxylation is 1. The largest absolute Gasteiger partial charge is 0.341 e. The molecule has 4 heteroatoms. The fraction of sp³-hybridized carbons (Fsp3) is 0.100. The number of aromatic amines is 1. The topological polar surface area (TPSA) is 15.8 Å². The molecular weight excluding hydrogens is 234 g/mol. The zero-order chi connectivity index (χ0) is 10.1. The number of halogens is 1. The Labute approximate surface area is 96.4 Å². The van der Waals surface area contributed by atoms with Gasteiger partial charge in [-0.1, -0.05) is 23.7 Å². The molecule has 0 saturated heterocycles. The zero-order valence-electron chi connectivity index (χ0n) is 7.50. The minimum atomic E-state index is 0.751. The van der Waals surface area contributed by atoms with Crippen LogP contribution < -0.4 is 0 Å². The van der Waals surface area contributed by atoms with Crippen molar-refractivity contribution in [3.05, 3.63) is 38.9 Å². The summed E-state index contributed by atoms with van der Waals surface area (Å²) >= 11 is 12.6. The van der Waals surface area contributed by atoms with Crippen LogP contribution in [0, 0.1) is 10.9 Å². The molecule has 0 atom stereocenters. The molecule has 1 aromatic heterocycles. The second kappa shape index (κ2) is 3.85. The molecule has 0 saturated carbocycles. The second-order valence-electron chi connectivity index (χ2n) is 2.98. The molecule has 0 aliphatic carbocycles. The summed E-state index contributed by atoms with van der Waals surface area (Å²) in [6.45, 7) is 2.02. The molecule has 0 radical (unpaired) electrons. The third kappa shape index (κ3) is 1.90. The molecule has 0 aliphatic rings. The smallest absolute Gasteiger partial charge is 0.159 e. The second-order valence-corrected chi connectivity index (χ2v) is 5.10. The Bertz CT molecular complexity index is 513. The van der Waals surface area contributed by atoms with E-state index in [1.807, 2.05) is 31.2 Å². The molecule has 0 bridgehead atoms. The van der Waals surface area contributed by atoms with Crippen LogP contribution >= 0.6 is 35.2 Å². The molecule has 0 amide bonds. The van der Waals surface area contributed by atoms with Gasteiger partial charge >= 0.3 is 0 Å². The van der Waals surface area contributed by atoms with Gasteiger partial charge in [-0.3, -0.25) is 0 Å². The van der Waals surface area contributed by atoms with Gasteiger partial charge in [-0.2, -0.15) is 0 Å². The summed E-state index contributed by atoms with van der Waals surface area (Å²) in [5.74, 6) is 0. The number of hydrogen-bond acceptors (Lipinski definition) is 2. The van der Waals surface area contributed by atoms with Gasteiger partial charge in [0.25, 0.3) is 0 Å². The van der Waals surface area contributed by atoms with E-state index < -0.39 is 0 Å². The highest BCUT2D eigenvalue weighted by molar-refractivity contribution is 7.73. The number of nitrogens with one attached hydrogen (secondary N) is 1. The van der Waals surface area contributed by atoms with Gasteiger partial charge in [0.1, 0.15) is 0 Å². The van der Waals surface area contributed by atoms with Gasteiger partial charge in [-0.25, -0.2) is 0 Å². The van der Waals surface area contributed by atoms with Gasteiger partial charge < -0.3 is 4.98 Å². The molecule has 0 fully saturated rings. The molecule has 1 N–H and O–H groups in total. The van der Waals surface area contributed by atoms with Crippen molar-refractivity contribution in [3.63, 3.8) is 0 Å². The van der Waals surface area contributed by atoms with Crippen molar-refractivity contribution in [1.29, 1.82) is 0 Å². The third-order valence-corrected chi connectivity index (χ3v) is 3.53. The molecule has 0 spiro atoms. The number of H-pyrrole nitrogens is 1. The van der Waals surface area contributed by atoms with Crippen LogP contribution in [0.25, 0.3) is 10.4 Å². The van der Waals surface area contributed by atoms with E-state index in [9.17, 15) is 0 Å². The Morgan fingerprint density at radius 3 is 2.79 bits per heavy atom. The van der Waals surface area contributed by atoms with Crippen molar-refractivity contribution in [2.24, 2.45) is 0 Å². The molecule has 0 aliphatic heterocycles. The Morgan fingerprint density at radius 2 is 2.21 bits per heavy atom. The molecule has 2 aromatic rings. The Hall–Kier alpha value is -0.640. The summed E-state index contributed by atoms with van der Waals surface area (Å²) < 4.78 is 0.803. The van der Waals surface area contributed by atoms with E-state index >= 15 is 0 Å². The summed E-state index contributed by atoms with van der Waals surface area (Å²) in [4.78, 5) is 4.28. The summed E-state index contributed by atoms with van der Waals surface area (Å²) in [6.07, 6.45) is 0. The predicted octanol–water partition coefficient (Wildman–Crippen LogP) is 4.43. The first-order chi connectivity index (χ1) is 6.66. The normalized spacial score (nSPS) is 10.4. The monoisotopic (exact) mass is 241 g/mol. The van der Waals surface area contributed by atoms with E-state index in [0.717, 1.165) is 25.1 Å². The Morgan fingerprint density at radius 1 is 1.43 bits per heavy atom. The van der Waals surface area contributed by atoms with Crippen LogP contribution in [0.4, 0.5) is 0 Å². The van der Waals surface area contributed by atoms with Crippen LogP contribution in [0.15, 0.2) is 24.3 Å². The maximum Gasteiger partial charge on any atom is 0.159 e. The average Bonchev–Trinajstić information content (AvgIpc) is 2.45. The van der Waals surface area contributed by atoms with E-state index in [4.69, 9.17) is 23.8 Å². The minimum absolute atomic E-state index is 0.751. The van der Waals surface area contributed by atoms with E-state index in [0.29, 0.717) is 0 Å². The number of rotatable bonds is 1. The molecule has 1 heterocycles. The summed E-state index contributed by atoms with van der Waals surface area (Å²) in [5.41, 5.74) is 2.22. The molecule has 72 valence electrons. The van der Waals surface area contributed by atoms with Gasteiger partial charge in [0.15, 0.2) is 3.95 Å². The summed E-state index contributed by atoms with van der Waals surface area (Å²) in [7, 11) is 0. The first-order valence-corrected chi connectivity index (χ1v) is 5.73. The highest BCUT2D eigenvalue weighted by Crippen LogP contribution is 2.29. The standard InChI is InChI=1S/C10H8ClNS2/c1-6-9(14-10(13)12-6)7-3-2-4-8(11)5-7/h2-5H,1H3,(H,12,13). The van der Waals surface area contributed by atoms with Crippen molar-refractivity contribution < 1.29 is 0 Å². The van der Waals surface area contributed by atoms with E-state index in [-0.39, 0.29) is 0 Å². The zero-order valence-corrected chi connectivity index (χ0v) is 9.89. The highest BCUT2D eigenvalue weighted by Gasteiger charge is 2.04. The predicted molar refractivity (Wildman–Crippen MR) is 64.7 cm³/mol. The number of aromatic nitrogens is 1. The van der Waals surface area contributed by atoms with Crippen molar-refractivity contribution in [2.45, 2.75) is 6.92 Å². The van der Waals surface area contributed by atoms with Crippen molar-refractivity contribution in [3.8, 4) is 10.4 Å². The van der Waals surface area contributed by atoms with Gasteiger partial charge in [0.05, 0.1) is 4.88 Å². The molecule has 2 rings (SSSR count). The summed E-state index contributed by atoms with van der Waals surface area (Å²) in [6, 6.07) is 7.79. The molecular formula is C10H8ClNS2. The maximum atomic E-state index is 5.92. The molecule has 14 heavy (non-hydrogen) atoms. The summed E-state index contributed by atoms with van der Waals surface area (Å²) in [5, 5.41) is 0.751. The van der Waals surface area contributed by atoms with Crippen LogP contribution in [0.1, 0.15) is 5.69 Å². The lowest BCUT2D eigenvalue weighted by atomic mass is 10.2. The lowest BCUT2D eigenvalue weighted by molar-refractivity contribution is 1.25. The van der Waals surface area contributed by atoms with Crippen molar-refractivity contribution in [1.82, 2.24) is 4.98 Å². The minimum Gasteiger partial charge on any atom is -0.341 e. The van der Waals surface area contributed by atoms with E-state index in [2.05, 4.69) is 4.98 Å². The van der Waals surface area contributed by atoms with Gasteiger partial charge in [0, 0.05) is 10.7 Å². The third-order valence-electron chi connectivity index (χ3n) is 1.91. The van der Waals surface area contributed by atoms with Crippen LogP contribution in [0.2, 0.25) is 5.02 Å². The Balaban J connectivity index is 2.59. The molecule has 1 aromatic carbocycles. The van der Waals surface area contributed by atoms with Crippen LogP contribution in [0.5, 0.6) is 0 Å². The van der Waals surface area contributed by atoms with Gasteiger partial charge in [0.2, 0.25) is 0 Å². The first-order valence-electron chi connectivity index (χ1n) is 4.12. The van der Waals surface area contributed by atoms with Gasteiger partial charge in [-0.05, 0) is 36.8 Å². The number of thiazole rings is 1. The van der Waals surface area contributed by atoms with Crippen LogP contribution in [0.3, 0.4) is 0 Å². The fourth-order valence-corrected chi connectivity index (χ4v) is 2.74. The average molecular weight is 242 g/mol. The molecule has 0 unspecified atom stereocenters. The van der Waals surface area contributed by atoms with E-state index in [1.54, 1.807) is 11.3 Å². The SMILES string of the molecule is Cc1[nH]c(=S)sc1-c1cccc(Cl)c1. The molecule has 1 nitrogen and oxygen atoms in total. The van der Waals surface area contributed by atoms with E-state index in [1.165, 1.54) is 0 Å². The lowest BCUT2D eigenvalue weighted by Gasteiger charge is -1.98.